The van der Waals surface area contributed by atoms with Crippen LogP contribution in [0.4, 0.5) is 4.79 Å². The van der Waals surface area contributed by atoms with Crippen molar-refractivity contribution in [3.05, 3.63) is 34.3 Å². The van der Waals surface area contributed by atoms with Crippen molar-refractivity contribution in [2.24, 2.45) is 5.73 Å². The minimum atomic E-state index is -0.711. The summed E-state index contributed by atoms with van der Waals surface area (Å²) in [6, 6.07) is 7.97. The number of rotatable bonds is 4. The summed E-state index contributed by atoms with van der Waals surface area (Å²) in [6.45, 7) is 0.372. The molecule has 76 valence electrons. The lowest BCUT2D eigenvalue weighted by Gasteiger charge is -2.03. The number of amides is 1. The van der Waals surface area contributed by atoms with Crippen LogP contribution in [0.5, 0.6) is 0 Å². The highest BCUT2D eigenvalue weighted by molar-refractivity contribution is 9.10. The lowest BCUT2D eigenvalue weighted by molar-refractivity contribution is 0.155. The topological polar surface area (TPSA) is 52.3 Å². The van der Waals surface area contributed by atoms with E-state index in [-0.39, 0.29) is 0 Å². The van der Waals surface area contributed by atoms with Crippen LogP contribution in [-0.2, 0) is 11.2 Å². The average Bonchev–Trinajstić information content (AvgIpc) is 2.15. The number of halogens is 1. The van der Waals surface area contributed by atoms with Crippen LogP contribution in [0.3, 0.4) is 0 Å². The number of aryl methyl sites for hydroxylation is 1. The van der Waals surface area contributed by atoms with Crippen LogP contribution in [0.15, 0.2) is 28.7 Å². The second-order valence-electron chi connectivity index (χ2n) is 2.86. The molecule has 0 atom stereocenters. The predicted octanol–water partition coefficient (Wildman–Crippen LogP) is 2.48. The van der Waals surface area contributed by atoms with E-state index in [1.54, 1.807) is 0 Å². The molecule has 0 heterocycles. The van der Waals surface area contributed by atoms with Gasteiger partial charge in [0.1, 0.15) is 0 Å². The van der Waals surface area contributed by atoms with Crippen molar-refractivity contribution in [3.8, 4) is 0 Å². The molecule has 1 aromatic rings. The summed E-state index contributed by atoms with van der Waals surface area (Å²) in [6.07, 6.45) is 0.942. The molecule has 0 saturated carbocycles. The average molecular weight is 258 g/mol. The first-order valence-corrected chi connectivity index (χ1v) is 5.15. The number of ether oxygens (including phenoxy) is 1. The number of primary amides is 1. The molecule has 1 rings (SSSR count). The Morgan fingerprint density at radius 1 is 1.43 bits per heavy atom. The summed E-state index contributed by atoms with van der Waals surface area (Å²) in [5.41, 5.74) is 6.04. The van der Waals surface area contributed by atoms with E-state index in [1.165, 1.54) is 5.56 Å². The molecule has 0 radical (unpaired) electrons. The van der Waals surface area contributed by atoms with Gasteiger partial charge in [-0.2, -0.15) is 0 Å². The van der Waals surface area contributed by atoms with Gasteiger partial charge in [-0.05, 0) is 24.5 Å². The SMILES string of the molecule is NC(=O)OCCCc1ccccc1Br. The molecule has 2 N–H and O–H groups in total. The summed E-state index contributed by atoms with van der Waals surface area (Å²) >= 11 is 3.44. The summed E-state index contributed by atoms with van der Waals surface area (Å²) in [7, 11) is 0. The number of carbonyl (C=O) groups excluding carboxylic acids is 1. The van der Waals surface area contributed by atoms with Crippen molar-refractivity contribution in [1.82, 2.24) is 0 Å². The third-order valence-electron chi connectivity index (χ3n) is 1.79. The number of benzene rings is 1. The van der Waals surface area contributed by atoms with Crippen LogP contribution >= 0.6 is 15.9 Å². The van der Waals surface area contributed by atoms with Gasteiger partial charge in [-0.15, -0.1) is 0 Å². The second-order valence-corrected chi connectivity index (χ2v) is 3.72. The van der Waals surface area contributed by atoms with Gasteiger partial charge in [0, 0.05) is 4.47 Å². The van der Waals surface area contributed by atoms with Crippen LogP contribution in [-0.4, -0.2) is 12.7 Å². The fraction of sp³-hybridized carbons (Fsp3) is 0.300. The van der Waals surface area contributed by atoms with Crippen molar-refractivity contribution in [3.63, 3.8) is 0 Å². The van der Waals surface area contributed by atoms with E-state index in [9.17, 15) is 4.79 Å². The Morgan fingerprint density at radius 3 is 2.79 bits per heavy atom. The highest BCUT2D eigenvalue weighted by Gasteiger charge is 1.99. The lowest BCUT2D eigenvalue weighted by Crippen LogP contribution is -2.13. The van der Waals surface area contributed by atoms with E-state index < -0.39 is 6.09 Å². The van der Waals surface area contributed by atoms with Gasteiger partial charge in [0.15, 0.2) is 0 Å². The fourth-order valence-electron chi connectivity index (χ4n) is 1.14. The fourth-order valence-corrected chi connectivity index (χ4v) is 1.62. The third kappa shape index (κ3) is 3.79. The molecule has 1 aromatic carbocycles. The molecule has 0 aliphatic carbocycles. The minimum Gasteiger partial charge on any atom is -0.450 e. The maximum Gasteiger partial charge on any atom is 0.404 e. The van der Waals surface area contributed by atoms with Gasteiger partial charge in [0.25, 0.3) is 0 Å². The third-order valence-corrected chi connectivity index (χ3v) is 2.57. The summed E-state index contributed by atoms with van der Waals surface area (Å²) in [4.78, 5) is 10.3. The number of carbonyl (C=O) groups is 1. The molecule has 0 aromatic heterocycles. The normalized spacial score (nSPS) is 9.79. The highest BCUT2D eigenvalue weighted by Crippen LogP contribution is 2.17. The van der Waals surface area contributed by atoms with Crippen molar-refractivity contribution >= 4 is 22.0 Å². The van der Waals surface area contributed by atoms with Gasteiger partial charge in [-0.1, -0.05) is 34.1 Å². The Bertz CT molecular complexity index is 315. The molecule has 14 heavy (non-hydrogen) atoms. The van der Waals surface area contributed by atoms with Crippen LogP contribution in [0.25, 0.3) is 0 Å². The largest absolute Gasteiger partial charge is 0.450 e. The Labute approximate surface area is 91.4 Å². The second kappa shape index (κ2) is 5.65. The Hall–Kier alpha value is -1.03. The zero-order valence-electron chi connectivity index (χ0n) is 7.70. The molecule has 0 aliphatic rings. The molecule has 1 amide bonds. The molecule has 3 nitrogen and oxygen atoms in total. The predicted molar refractivity (Wildman–Crippen MR) is 58.0 cm³/mol. The van der Waals surface area contributed by atoms with Crippen molar-refractivity contribution in [1.29, 1.82) is 0 Å². The van der Waals surface area contributed by atoms with Crippen molar-refractivity contribution in [2.45, 2.75) is 12.8 Å². The Kier molecular flexibility index (Phi) is 4.46. The Balaban J connectivity index is 2.31. The molecule has 0 spiro atoms. The number of hydrogen-bond acceptors (Lipinski definition) is 2. The lowest BCUT2D eigenvalue weighted by atomic mass is 10.1. The van der Waals surface area contributed by atoms with E-state index in [1.807, 2.05) is 24.3 Å². The quantitative estimate of drug-likeness (QED) is 0.843. The summed E-state index contributed by atoms with van der Waals surface area (Å²) < 4.78 is 5.71. The van der Waals surface area contributed by atoms with E-state index in [0.29, 0.717) is 6.61 Å². The van der Waals surface area contributed by atoms with Crippen LogP contribution in [0.2, 0.25) is 0 Å². The molecule has 4 heteroatoms. The van der Waals surface area contributed by atoms with Crippen LogP contribution in [0.1, 0.15) is 12.0 Å². The standard InChI is InChI=1S/C10H12BrNO2/c11-9-6-2-1-4-8(9)5-3-7-14-10(12)13/h1-2,4,6H,3,5,7H2,(H2,12,13). The molecular weight excluding hydrogens is 246 g/mol. The van der Waals surface area contributed by atoms with Gasteiger partial charge in [0.2, 0.25) is 0 Å². The first-order chi connectivity index (χ1) is 6.70. The number of nitrogens with two attached hydrogens (primary N) is 1. The molecular formula is C10H12BrNO2. The number of hydrogen-bond donors (Lipinski definition) is 1. The molecule has 0 unspecified atom stereocenters. The zero-order chi connectivity index (χ0) is 10.4. The first kappa shape index (κ1) is 11.0. The van der Waals surface area contributed by atoms with E-state index in [0.717, 1.165) is 17.3 Å². The minimum absolute atomic E-state index is 0.372. The van der Waals surface area contributed by atoms with Crippen molar-refractivity contribution in [2.75, 3.05) is 6.61 Å². The zero-order valence-corrected chi connectivity index (χ0v) is 9.29. The van der Waals surface area contributed by atoms with E-state index in [4.69, 9.17) is 5.73 Å². The monoisotopic (exact) mass is 257 g/mol. The van der Waals surface area contributed by atoms with Gasteiger partial charge in [-0.3, -0.25) is 0 Å². The van der Waals surface area contributed by atoms with E-state index in [2.05, 4.69) is 20.7 Å². The summed E-state index contributed by atoms with van der Waals surface area (Å²) in [5, 5.41) is 0. The van der Waals surface area contributed by atoms with Gasteiger partial charge < -0.3 is 10.5 Å². The van der Waals surface area contributed by atoms with E-state index >= 15 is 0 Å². The van der Waals surface area contributed by atoms with Crippen LogP contribution < -0.4 is 5.73 Å². The molecule has 0 aliphatic heterocycles. The molecule has 0 bridgehead atoms. The smallest absolute Gasteiger partial charge is 0.404 e. The highest BCUT2D eigenvalue weighted by atomic mass is 79.9. The molecule has 0 fully saturated rings. The summed E-state index contributed by atoms with van der Waals surface area (Å²) in [5.74, 6) is 0. The van der Waals surface area contributed by atoms with Gasteiger partial charge >= 0.3 is 6.09 Å². The maximum absolute atomic E-state index is 10.3. The van der Waals surface area contributed by atoms with Crippen LogP contribution in [0, 0.1) is 0 Å². The molecule has 0 saturated heterocycles. The maximum atomic E-state index is 10.3. The Morgan fingerprint density at radius 2 is 2.14 bits per heavy atom. The van der Waals surface area contributed by atoms with Gasteiger partial charge in [-0.25, -0.2) is 4.79 Å². The first-order valence-electron chi connectivity index (χ1n) is 4.36. The van der Waals surface area contributed by atoms with Crippen molar-refractivity contribution < 1.29 is 9.53 Å². The van der Waals surface area contributed by atoms with Gasteiger partial charge in [0.05, 0.1) is 6.61 Å².